The van der Waals surface area contributed by atoms with Gasteiger partial charge in [0.05, 0.1) is 6.54 Å². The molecule has 0 spiro atoms. The molecule has 0 aliphatic rings. The number of nitrogens with zero attached hydrogens (tertiary/aromatic N) is 1. The fourth-order valence-corrected chi connectivity index (χ4v) is 2.60. The third-order valence-electron chi connectivity index (χ3n) is 4.31. The molecule has 1 unspecified atom stereocenters. The largest absolute Gasteiger partial charge is 0.489 e. The predicted molar refractivity (Wildman–Crippen MR) is 135 cm³/mol. The van der Waals surface area contributed by atoms with E-state index >= 15 is 0 Å². The van der Waals surface area contributed by atoms with Crippen molar-refractivity contribution >= 4 is 41.5 Å². The van der Waals surface area contributed by atoms with Gasteiger partial charge in [0.15, 0.2) is 5.96 Å². The van der Waals surface area contributed by atoms with Crippen LogP contribution >= 0.6 is 24.0 Å². The Morgan fingerprint density at radius 2 is 1.77 bits per heavy atom. The summed E-state index contributed by atoms with van der Waals surface area (Å²) in [6.07, 6.45) is -0.000739. The molecule has 6 nitrogen and oxygen atoms in total. The van der Waals surface area contributed by atoms with Crippen molar-refractivity contribution in [1.29, 1.82) is 0 Å². The zero-order valence-corrected chi connectivity index (χ0v) is 20.7. The first kappa shape index (κ1) is 25.7. The number of carbonyl (C=O) groups excluding carboxylic acids is 1. The number of nitrogens with one attached hydrogen (secondary N) is 3. The van der Waals surface area contributed by atoms with Crippen molar-refractivity contribution in [2.75, 3.05) is 18.9 Å². The molecule has 2 aromatic carbocycles. The van der Waals surface area contributed by atoms with Crippen LogP contribution in [0.1, 0.15) is 31.9 Å². The highest BCUT2D eigenvalue weighted by atomic mass is 127. The van der Waals surface area contributed by atoms with E-state index in [2.05, 4.69) is 20.9 Å². The minimum absolute atomic E-state index is 0. The minimum Gasteiger partial charge on any atom is -0.489 e. The van der Waals surface area contributed by atoms with Crippen LogP contribution in [0, 0.1) is 12.8 Å². The fourth-order valence-electron chi connectivity index (χ4n) is 2.60. The number of carbonyl (C=O) groups is 1. The van der Waals surface area contributed by atoms with Crippen LogP contribution in [0.4, 0.5) is 5.69 Å². The van der Waals surface area contributed by atoms with Gasteiger partial charge in [-0.25, -0.2) is 0 Å². The number of amides is 1. The molecule has 0 fully saturated rings. The molecule has 0 saturated carbocycles. The molecule has 30 heavy (non-hydrogen) atoms. The molecule has 2 aromatic rings. The summed E-state index contributed by atoms with van der Waals surface area (Å²) < 4.78 is 5.93. The molecular weight excluding hydrogens is 491 g/mol. The Labute approximate surface area is 196 Å². The summed E-state index contributed by atoms with van der Waals surface area (Å²) in [4.78, 5) is 16.0. The highest BCUT2D eigenvalue weighted by Gasteiger charge is 2.08. The summed E-state index contributed by atoms with van der Waals surface area (Å²) in [5.41, 5.74) is 3.08. The molecule has 7 heteroatoms. The number of guanidine groups is 1. The quantitative estimate of drug-likeness (QED) is 0.273. The van der Waals surface area contributed by atoms with E-state index in [1.165, 1.54) is 5.56 Å². The van der Waals surface area contributed by atoms with E-state index < -0.39 is 0 Å². The van der Waals surface area contributed by atoms with Crippen molar-refractivity contribution in [3.8, 4) is 5.75 Å². The standard InChI is InChI=1S/C23H32N4O2.HI/c1-16(2)22(28)27-20-11-9-19(10-12-20)15-26-23(24-5)25-14-18(4)29-21-8-6-7-17(3)13-21;/h6-13,16,18H,14-15H2,1-5H3,(H,27,28)(H2,24,25,26);1H. The molecule has 2 rings (SSSR count). The Morgan fingerprint density at radius 1 is 1.07 bits per heavy atom. The molecular formula is C23H33IN4O2. The van der Waals surface area contributed by atoms with Crippen LogP contribution in [-0.4, -0.2) is 31.6 Å². The number of aliphatic imine (C=N–C) groups is 1. The van der Waals surface area contributed by atoms with Crippen molar-refractivity contribution in [3.05, 3.63) is 59.7 Å². The lowest BCUT2D eigenvalue weighted by Gasteiger charge is -2.18. The van der Waals surface area contributed by atoms with Gasteiger partial charge in [0, 0.05) is 25.2 Å². The van der Waals surface area contributed by atoms with Crippen molar-refractivity contribution < 1.29 is 9.53 Å². The molecule has 0 heterocycles. The first-order chi connectivity index (χ1) is 13.9. The second-order valence-electron chi connectivity index (χ2n) is 7.39. The van der Waals surface area contributed by atoms with E-state index in [1.807, 2.05) is 76.2 Å². The van der Waals surface area contributed by atoms with Gasteiger partial charge < -0.3 is 20.7 Å². The maximum atomic E-state index is 11.8. The lowest BCUT2D eigenvalue weighted by Crippen LogP contribution is -2.41. The van der Waals surface area contributed by atoms with Gasteiger partial charge >= 0.3 is 0 Å². The van der Waals surface area contributed by atoms with Gasteiger partial charge in [-0.15, -0.1) is 24.0 Å². The smallest absolute Gasteiger partial charge is 0.226 e. The molecule has 0 aromatic heterocycles. The Balaban J connectivity index is 0.00000450. The van der Waals surface area contributed by atoms with Crippen molar-refractivity contribution in [3.63, 3.8) is 0 Å². The number of hydrogen-bond acceptors (Lipinski definition) is 3. The lowest BCUT2D eigenvalue weighted by molar-refractivity contribution is -0.118. The molecule has 164 valence electrons. The monoisotopic (exact) mass is 524 g/mol. The van der Waals surface area contributed by atoms with E-state index in [0.29, 0.717) is 19.0 Å². The molecule has 1 atom stereocenters. The Morgan fingerprint density at radius 3 is 2.37 bits per heavy atom. The van der Waals surface area contributed by atoms with Gasteiger partial charge in [-0.1, -0.05) is 38.1 Å². The van der Waals surface area contributed by atoms with Gasteiger partial charge in [0.25, 0.3) is 0 Å². The van der Waals surface area contributed by atoms with Crippen LogP contribution in [0.5, 0.6) is 5.75 Å². The van der Waals surface area contributed by atoms with Crippen LogP contribution in [-0.2, 0) is 11.3 Å². The zero-order valence-electron chi connectivity index (χ0n) is 18.4. The average molecular weight is 524 g/mol. The summed E-state index contributed by atoms with van der Waals surface area (Å²) in [6.45, 7) is 9.08. The maximum Gasteiger partial charge on any atom is 0.226 e. The molecule has 0 saturated heterocycles. The first-order valence-electron chi connectivity index (χ1n) is 9.95. The SMILES string of the molecule is CN=C(NCc1ccc(NC(=O)C(C)C)cc1)NCC(C)Oc1cccc(C)c1.I. The van der Waals surface area contributed by atoms with E-state index in [1.54, 1.807) is 7.05 Å². The summed E-state index contributed by atoms with van der Waals surface area (Å²) in [5.74, 6) is 1.55. The first-order valence-corrected chi connectivity index (χ1v) is 9.95. The Hall–Kier alpha value is -2.29. The number of rotatable bonds is 8. The average Bonchev–Trinajstić information content (AvgIpc) is 2.69. The number of benzene rings is 2. The summed E-state index contributed by atoms with van der Waals surface area (Å²) >= 11 is 0. The second kappa shape index (κ2) is 13.1. The molecule has 0 aliphatic heterocycles. The third kappa shape index (κ3) is 9.02. The number of anilines is 1. The van der Waals surface area contributed by atoms with Crippen LogP contribution in [0.15, 0.2) is 53.5 Å². The summed E-state index contributed by atoms with van der Waals surface area (Å²) in [6, 6.07) is 15.8. The zero-order chi connectivity index (χ0) is 21.2. The Bertz CT molecular complexity index is 822. The van der Waals surface area contributed by atoms with Crippen LogP contribution in [0.2, 0.25) is 0 Å². The van der Waals surface area contributed by atoms with Crippen molar-refractivity contribution in [2.24, 2.45) is 10.9 Å². The minimum atomic E-state index is -0.0389. The second-order valence-corrected chi connectivity index (χ2v) is 7.39. The highest BCUT2D eigenvalue weighted by Crippen LogP contribution is 2.14. The normalized spacial score (nSPS) is 12.0. The van der Waals surface area contributed by atoms with Gasteiger partial charge in [-0.2, -0.15) is 0 Å². The number of aryl methyl sites for hydroxylation is 1. The van der Waals surface area contributed by atoms with Crippen LogP contribution in [0.3, 0.4) is 0 Å². The van der Waals surface area contributed by atoms with E-state index in [4.69, 9.17) is 4.74 Å². The molecule has 0 bridgehead atoms. The topological polar surface area (TPSA) is 74.8 Å². The van der Waals surface area contributed by atoms with Gasteiger partial charge in [-0.05, 0) is 49.2 Å². The van der Waals surface area contributed by atoms with Crippen molar-refractivity contribution in [1.82, 2.24) is 10.6 Å². The predicted octanol–water partition coefficient (Wildman–Crippen LogP) is 4.34. The highest BCUT2D eigenvalue weighted by molar-refractivity contribution is 14.0. The van der Waals surface area contributed by atoms with E-state index in [-0.39, 0.29) is 41.9 Å². The lowest BCUT2D eigenvalue weighted by atomic mass is 10.1. The van der Waals surface area contributed by atoms with Crippen LogP contribution in [0.25, 0.3) is 0 Å². The number of hydrogen-bond donors (Lipinski definition) is 3. The van der Waals surface area contributed by atoms with Gasteiger partial charge in [0.1, 0.15) is 11.9 Å². The third-order valence-corrected chi connectivity index (χ3v) is 4.31. The number of ether oxygens (including phenoxy) is 1. The summed E-state index contributed by atoms with van der Waals surface area (Å²) in [5, 5.41) is 9.46. The molecule has 1 amide bonds. The fraction of sp³-hybridized carbons (Fsp3) is 0.391. The van der Waals surface area contributed by atoms with Crippen molar-refractivity contribution in [2.45, 2.75) is 40.3 Å². The van der Waals surface area contributed by atoms with Crippen LogP contribution < -0.4 is 20.7 Å². The van der Waals surface area contributed by atoms with E-state index in [9.17, 15) is 4.79 Å². The number of halogens is 1. The van der Waals surface area contributed by atoms with Gasteiger partial charge in [0.2, 0.25) is 5.91 Å². The molecule has 0 radical (unpaired) electrons. The molecule has 0 aliphatic carbocycles. The molecule has 3 N–H and O–H groups in total. The van der Waals surface area contributed by atoms with Gasteiger partial charge in [-0.3, -0.25) is 9.79 Å². The maximum absolute atomic E-state index is 11.8. The van der Waals surface area contributed by atoms with E-state index in [0.717, 1.165) is 17.0 Å². The summed E-state index contributed by atoms with van der Waals surface area (Å²) in [7, 11) is 1.74. The Kier molecular flexibility index (Phi) is 11.2.